The van der Waals surface area contributed by atoms with Crippen molar-refractivity contribution in [2.24, 2.45) is 0 Å². The van der Waals surface area contributed by atoms with Crippen molar-refractivity contribution in [3.8, 4) is 6.07 Å². The molecule has 1 rings (SSSR count). The van der Waals surface area contributed by atoms with Gasteiger partial charge in [-0.25, -0.2) is 9.59 Å². The Labute approximate surface area is 148 Å². The van der Waals surface area contributed by atoms with Crippen molar-refractivity contribution in [1.29, 1.82) is 5.26 Å². The highest BCUT2D eigenvalue weighted by atomic mass is 16.6. The van der Waals surface area contributed by atoms with E-state index in [9.17, 15) is 14.4 Å². The van der Waals surface area contributed by atoms with Crippen LogP contribution in [0.2, 0.25) is 0 Å². The monoisotopic (exact) mass is 353 g/mol. The molecule has 2 amide bonds. The molecule has 0 aliphatic carbocycles. The Bertz CT molecular complexity index is 568. The van der Waals surface area contributed by atoms with E-state index in [1.54, 1.807) is 47.6 Å². The van der Waals surface area contributed by atoms with Gasteiger partial charge in [0.25, 0.3) is 0 Å². The van der Waals surface area contributed by atoms with Crippen LogP contribution in [0.4, 0.5) is 9.59 Å². The number of amides is 2. The standard InChI is InChI=1S/C17H27N3O5/c1-16(2,3)24-14(22)19-9-10-20(15(23)25-17(4,5)6)12(11-19)13(21)7-8-18/h12H,7,9-11H2,1-6H3. The molecule has 0 aromatic rings. The summed E-state index contributed by atoms with van der Waals surface area (Å²) in [6, 6.07) is 0.871. The molecule has 0 N–H and O–H groups in total. The minimum Gasteiger partial charge on any atom is -0.444 e. The molecule has 1 aliphatic heterocycles. The van der Waals surface area contributed by atoms with Crippen LogP contribution in [0.3, 0.4) is 0 Å². The van der Waals surface area contributed by atoms with E-state index in [2.05, 4.69) is 0 Å². The van der Waals surface area contributed by atoms with Crippen LogP contribution in [-0.2, 0) is 14.3 Å². The zero-order chi connectivity index (χ0) is 19.4. The smallest absolute Gasteiger partial charge is 0.411 e. The number of nitriles is 1. The lowest BCUT2D eigenvalue weighted by atomic mass is 10.1. The van der Waals surface area contributed by atoms with Crippen molar-refractivity contribution in [2.75, 3.05) is 19.6 Å². The first-order valence-electron chi connectivity index (χ1n) is 8.21. The van der Waals surface area contributed by atoms with Crippen molar-refractivity contribution >= 4 is 18.0 Å². The van der Waals surface area contributed by atoms with Gasteiger partial charge in [-0.1, -0.05) is 0 Å². The van der Waals surface area contributed by atoms with Gasteiger partial charge in [-0.3, -0.25) is 9.69 Å². The second kappa shape index (κ2) is 7.72. The highest BCUT2D eigenvalue weighted by Crippen LogP contribution is 2.19. The van der Waals surface area contributed by atoms with Gasteiger partial charge in [0, 0.05) is 13.1 Å². The van der Waals surface area contributed by atoms with Gasteiger partial charge >= 0.3 is 12.2 Å². The highest BCUT2D eigenvalue weighted by molar-refractivity contribution is 5.90. The third kappa shape index (κ3) is 6.61. The van der Waals surface area contributed by atoms with E-state index in [-0.39, 0.29) is 26.1 Å². The third-order valence-electron chi connectivity index (χ3n) is 3.29. The van der Waals surface area contributed by atoms with Crippen LogP contribution in [-0.4, -0.2) is 64.6 Å². The molecule has 1 unspecified atom stereocenters. The molecule has 1 heterocycles. The number of carbonyl (C=O) groups is 3. The highest BCUT2D eigenvalue weighted by Gasteiger charge is 2.39. The molecular formula is C17H27N3O5. The number of piperazine rings is 1. The van der Waals surface area contributed by atoms with Gasteiger partial charge in [0.15, 0.2) is 5.78 Å². The summed E-state index contributed by atoms with van der Waals surface area (Å²) in [4.78, 5) is 39.6. The molecule has 0 saturated carbocycles. The lowest BCUT2D eigenvalue weighted by molar-refractivity contribution is -0.125. The van der Waals surface area contributed by atoms with E-state index in [0.29, 0.717) is 0 Å². The lowest BCUT2D eigenvalue weighted by Gasteiger charge is -2.40. The zero-order valence-electron chi connectivity index (χ0n) is 15.8. The molecule has 0 aromatic heterocycles. The quantitative estimate of drug-likeness (QED) is 0.755. The van der Waals surface area contributed by atoms with E-state index in [4.69, 9.17) is 14.7 Å². The van der Waals surface area contributed by atoms with Crippen molar-refractivity contribution in [3.05, 3.63) is 0 Å². The van der Waals surface area contributed by atoms with Crippen LogP contribution in [0.15, 0.2) is 0 Å². The molecular weight excluding hydrogens is 326 g/mol. The Morgan fingerprint density at radius 3 is 2.00 bits per heavy atom. The number of nitrogens with zero attached hydrogens (tertiary/aromatic N) is 3. The van der Waals surface area contributed by atoms with Gasteiger partial charge in [-0.2, -0.15) is 5.26 Å². The average molecular weight is 353 g/mol. The first-order chi connectivity index (χ1) is 11.3. The molecule has 25 heavy (non-hydrogen) atoms. The molecule has 8 nitrogen and oxygen atoms in total. The molecule has 0 aromatic carbocycles. The number of ketones is 1. The SMILES string of the molecule is CC(C)(C)OC(=O)N1CCN(C(=O)OC(C)(C)C)C(C(=O)CC#N)C1. The Kier molecular flexibility index (Phi) is 6.41. The van der Waals surface area contributed by atoms with Crippen LogP contribution in [0.5, 0.6) is 0 Å². The van der Waals surface area contributed by atoms with E-state index < -0.39 is 35.2 Å². The maximum absolute atomic E-state index is 12.4. The molecule has 1 aliphatic rings. The van der Waals surface area contributed by atoms with Crippen LogP contribution in [0, 0.1) is 11.3 Å². The molecule has 0 spiro atoms. The van der Waals surface area contributed by atoms with Crippen molar-refractivity contribution < 1.29 is 23.9 Å². The Hall–Kier alpha value is -2.30. The summed E-state index contributed by atoms with van der Waals surface area (Å²) >= 11 is 0. The first-order valence-corrected chi connectivity index (χ1v) is 8.21. The van der Waals surface area contributed by atoms with E-state index in [0.717, 1.165) is 0 Å². The fraction of sp³-hybridized carbons (Fsp3) is 0.765. The van der Waals surface area contributed by atoms with Crippen LogP contribution >= 0.6 is 0 Å². The number of rotatable bonds is 2. The molecule has 0 bridgehead atoms. The number of Topliss-reactive ketones (excluding diaryl/α,β-unsaturated/α-hetero) is 1. The molecule has 1 atom stereocenters. The molecule has 1 saturated heterocycles. The topological polar surface area (TPSA) is 99.9 Å². The number of hydrogen-bond acceptors (Lipinski definition) is 6. The summed E-state index contributed by atoms with van der Waals surface area (Å²) in [6.07, 6.45) is -1.52. The van der Waals surface area contributed by atoms with Crippen molar-refractivity contribution in [3.63, 3.8) is 0 Å². The summed E-state index contributed by atoms with van der Waals surface area (Å²) < 4.78 is 10.6. The van der Waals surface area contributed by atoms with Gasteiger partial charge < -0.3 is 14.4 Å². The lowest BCUT2D eigenvalue weighted by Crippen LogP contribution is -2.60. The maximum Gasteiger partial charge on any atom is 0.411 e. The van der Waals surface area contributed by atoms with Crippen LogP contribution in [0.25, 0.3) is 0 Å². The second-order valence-corrected chi connectivity index (χ2v) is 7.92. The fourth-order valence-electron chi connectivity index (χ4n) is 2.29. The molecule has 1 fully saturated rings. The van der Waals surface area contributed by atoms with Gasteiger partial charge in [0.2, 0.25) is 0 Å². The Morgan fingerprint density at radius 2 is 1.52 bits per heavy atom. The summed E-state index contributed by atoms with van der Waals surface area (Å²) in [5, 5.41) is 8.80. The zero-order valence-corrected chi connectivity index (χ0v) is 15.8. The van der Waals surface area contributed by atoms with E-state index in [1.807, 2.05) is 0 Å². The van der Waals surface area contributed by atoms with Gasteiger partial charge in [0.05, 0.1) is 19.0 Å². The van der Waals surface area contributed by atoms with Gasteiger partial charge in [-0.05, 0) is 41.5 Å². The maximum atomic E-state index is 12.4. The summed E-state index contributed by atoms with van der Waals surface area (Å²) in [6.45, 7) is 10.8. The second-order valence-electron chi connectivity index (χ2n) is 7.92. The average Bonchev–Trinajstić information content (AvgIpc) is 2.43. The van der Waals surface area contributed by atoms with Crippen molar-refractivity contribution in [2.45, 2.75) is 65.2 Å². The van der Waals surface area contributed by atoms with Gasteiger partial charge in [-0.15, -0.1) is 0 Å². The van der Waals surface area contributed by atoms with E-state index in [1.165, 1.54) is 9.80 Å². The summed E-state index contributed by atoms with van der Waals surface area (Å²) in [5.74, 6) is -0.429. The number of ether oxygens (including phenoxy) is 2. The largest absolute Gasteiger partial charge is 0.444 e. The molecule has 140 valence electrons. The number of carbonyl (C=O) groups excluding carboxylic acids is 3. The predicted octanol–water partition coefficient (Wildman–Crippen LogP) is 2.33. The van der Waals surface area contributed by atoms with Crippen LogP contribution < -0.4 is 0 Å². The fourth-order valence-corrected chi connectivity index (χ4v) is 2.29. The predicted molar refractivity (Wildman–Crippen MR) is 89.8 cm³/mol. The van der Waals surface area contributed by atoms with Crippen molar-refractivity contribution in [1.82, 2.24) is 9.80 Å². The summed E-state index contributed by atoms with van der Waals surface area (Å²) in [7, 11) is 0. The number of hydrogen-bond donors (Lipinski definition) is 0. The van der Waals surface area contributed by atoms with Crippen LogP contribution in [0.1, 0.15) is 48.0 Å². The molecule has 0 radical (unpaired) electrons. The minimum atomic E-state index is -0.921. The normalized spacial score (nSPS) is 18.4. The Morgan fingerprint density at radius 1 is 1.00 bits per heavy atom. The minimum absolute atomic E-state index is 0.0192. The molecule has 8 heteroatoms. The van der Waals surface area contributed by atoms with E-state index >= 15 is 0 Å². The van der Waals surface area contributed by atoms with Gasteiger partial charge in [0.1, 0.15) is 17.2 Å². The summed E-state index contributed by atoms with van der Waals surface area (Å²) in [5.41, 5.74) is -1.37. The third-order valence-corrected chi connectivity index (χ3v) is 3.29. The first kappa shape index (κ1) is 20.7. The Balaban J connectivity index is 2.92.